The quantitative estimate of drug-likeness (QED) is 0.579. The first-order chi connectivity index (χ1) is 9.39. The molecular weight excluding hydrogens is 250 g/mol. The van der Waals surface area contributed by atoms with Crippen molar-refractivity contribution in [1.29, 1.82) is 0 Å². The summed E-state index contributed by atoms with van der Waals surface area (Å²) in [6.07, 6.45) is 4.03. The fourth-order valence-electron chi connectivity index (χ4n) is 2.30. The molecule has 0 aliphatic carbocycles. The van der Waals surface area contributed by atoms with Crippen molar-refractivity contribution in [1.82, 2.24) is 10.2 Å². The lowest BCUT2D eigenvalue weighted by molar-refractivity contribution is -0.124. The van der Waals surface area contributed by atoms with E-state index in [1.165, 1.54) is 6.42 Å². The molecule has 0 aliphatic rings. The maximum Gasteiger partial charge on any atom is 0.237 e. The summed E-state index contributed by atoms with van der Waals surface area (Å²) >= 11 is 0. The van der Waals surface area contributed by atoms with Crippen LogP contribution in [0.2, 0.25) is 0 Å². The van der Waals surface area contributed by atoms with Gasteiger partial charge in [-0.05, 0) is 51.7 Å². The van der Waals surface area contributed by atoms with E-state index >= 15 is 0 Å². The van der Waals surface area contributed by atoms with E-state index in [1.807, 2.05) is 6.92 Å². The number of nitrogens with one attached hydrogen (secondary N) is 1. The zero-order chi connectivity index (χ0) is 15.6. The first-order valence-corrected chi connectivity index (χ1v) is 8.16. The molecule has 0 aromatic carbocycles. The van der Waals surface area contributed by atoms with Gasteiger partial charge in [-0.15, -0.1) is 0 Å². The summed E-state index contributed by atoms with van der Waals surface area (Å²) in [4.78, 5) is 14.1. The molecule has 0 spiro atoms. The number of primary amides is 1. The van der Waals surface area contributed by atoms with Crippen LogP contribution in [0.4, 0.5) is 0 Å². The minimum absolute atomic E-state index is 0.240. The van der Waals surface area contributed by atoms with Crippen molar-refractivity contribution in [2.75, 3.05) is 26.2 Å². The first-order valence-electron chi connectivity index (χ1n) is 8.16. The number of carbonyl (C=O) groups excluding carboxylic acids is 1. The Balaban J connectivity index is 4.24. The number of hydrogen-bond donors (Lipinski definition) is 2. The SMILES string of the molecule is CCCNC(C)(CCCN(CC)CC(C)CC)C(N)=O. The standard InChI is InChI=1S/C16H35N3O/c1-6-11-18-16(5,15(17)20)10-9-12-19(8-3)13-14(4)7-2/h14,18H,6-13H2,1-5H3,(H2,17,20). The number of amides is 1. The molecule has 0 saturated heterocycles. The maximum absolute atomic E-state index is 11.6. The summed E-state index contributed by atoms with van der Waals surface area (Å²) in [5, 5.41) is 3.30. The smallest absolute Gasteiger partial charge is 0.237 e. The van der Waals surface area contributed by atoms with Gasteiger partial charge in [0, 0.05) is 6.54 Å². The van der Waals surface area contributed by atoms with Gasteiger partial charge in [-0.1, -0.05) is 34.1 Å². The van der Waals surface area contributed by atoms with Gasteiger partial charge in [0.15, 0.2) is 0 Å². The third kappa shape index (κ3) is 7.25. The molecule has 120 valence electrons. The predicted octanol–water partition coefficient (Wildman–Crippen LogP) is 2.38. The summed E-state index contributed by atoms with van der Waals surface area (Å²) < 4.78 is 0. The van der Waals surface area contributed by atoms with Gasteiger partial charge < -0.3 is 16.0 Å². The Bertz CT molecular complexity index is 270. The lowest BCUT2D eigenvalue weighted by Crippen LogP contribution is -2.53. The van der Waals surface area contributed by atoms with Crippen LogP contribution in [-0.2, 0) is 4.79 Å². The molecule has 0 heterocycles. The molecule has 2 unspecified atom stereocenters. The van der Waals surface area contributed by atoms with Gasteiger partial charge in [0.25, 0.3) is 0 Å². The minimum Gasteiger partial charge on any atom is -0.368 e. The Hall–Kier alpha value is -0.610. The molecule has 3 N–H and O–H groups in total. The second-order valence-corrected chi connectivity index (χ2v) is 6.13. The summed E-state index contributed by atoms with van der Waals surface area (Å²) in [5.41, 5.74) is 4.98. The molecule has 0 saturated carbocycles. The molecule has 0 bridgehead atoms. The van der Waals surface area contributed by atoms with Crippen LogP contribution < -0.4 is 11.1 Å². The highest BCUT2D eigenvalue weighted by atomic mass is 16.1. The van der Waals surface area contributed by atoms with Crippen LogP contribution in [0.1, 0.15) is 60.3 Å². The highest BCUT2D eigenvalue weighted by Crippen LogP contribution is 2.13. The molecule has 4 heteroatoms. The summed E-state index contributed by atoms with van der Waals surface area (Å²) in [6, 6.07) is 0. The van der Waals surface area contributed by atoms with Crippen LogP contribution in [-0.4, -0.2) is 42.5 Å². The first kappa shape index (κ1) is 19.4. The monoisotopic (exact) mass is 285 g/mol. The van der Waals surface area contributed by atoms with E-state index < -0.39 is 5.54 Å². The van der Waals surface area contributed by atoms with Crippen molar-refractivity contribution >= 4 is 5.91 Å². The van der Waals surface area contributed by atoms with Crippen LogP contribution in [0.15, 0.2) is 0 Å². The summed E-state index contributed by atoms with van der Waals surface area (Å²) in [6.45, 7) is 14.8. The second kappa shape index (κ2) is 10.2. The van der Waals surface area contributed by atoms with Gasteiger partial charge in [-0.2, -0.15) is 0 Å². The lowest BCUT2D eigenvalue weighted by Gasteiger charge is -2.29. The highest BCUT2D eigenvalue weighted by molar-refractivity contribution is 5.84. The molecule has 0 fully saturated rings. The number of nitrogens with zero attached hydrogens (tertiary/aromatic N) is 1. The normalized spacial score (nSPS) is 16.1. The topological polar surface area (TPSA) is 58.4 Å². The molecule has 4 nitrogen and oxygen atoms in total. The van der Waals surface area contributed by atoms with Crippen molar-refractivity contribution in [2.24, 2.45) is 11.7 Å². The summed E-state index contributed by atoms with van der Waals surface area (Å²) in [7, 11) is 0. The second-order valence-electron chi connectivity index (χ2n) is 6.13. The van der Waals surface area contributed by atoms with Crippen molar-refractivity contribution in [3.8, 4) is 0 Å². The predicted molar refractivity (Wildman–Crippen MR) is 86.7 cm³/mol. The van der Waals surface area contributed by atoms with E-state index in [4.69, 9.17) is 5.73 Å². The van der Waals surface area contributed by atoms with E-state index in [9.17, 15) is 4.79 Å². The Morgan fingerprint density at radius 3 is 2.45 bits per heavy atom. The van der Waals surface area contributed by atoms with Crippen LogP contribution in [0.25, 0.3) is 0 Å². The Morgan fingerprint density at radius 1 is 1.35 bits per heavy atom. The van der Waals surface area contributed by atoms with E-state index in [0.29, 0.717) is 0 Å². The molecule has 0 aliphatic heterocycles. The molecule has 0 aromatic rings. The Labute approximate surface area is 125 Å². The largest absolute Gasteiger partial charge is 0.368 e. The van der Waals surface area contributed by atoms with Crippen LogP contribution >= 0.6 is 0 Å². The zero-order valence-electron chi connectivity index (χ0n) is 14.2. The molecule has 20 heavy (non-hydrogen) atoms. The highest BCUT2D eigenvalue weighted by Gasteiger charge is 2.29. The molecule has 0 rings (SSSR count). The van der Waals surface area contributed by atoms with Gasteiger partial charge >= 0.3 is 0 Å². The Morgan fingerprint density at radius 2 is 2.00 bits per heavy atom. The zero-order valence-corrected chi connectivity index (χ0v) is 14.2. The molecule has 1 amide bonds. The van der Waals surface area contributed by atoms with Gasteiger partial charge in [0.1, 0.15) is 0 Å². The van der Waals surface area contributed by atoms with Crippen molar-refractivity contribution in [3.63, 3.8) is 0 Å². The van der Waals surface area contributed by atoms with E-state index in [-0.39, 0.29) is 5.91 Å². The van der Waals surface area contributed by atoms with E-state index in [1.54, 1.807) is 0 Å². The average Bonchev–Trinajstić information content (AvgIpc) is 2.43. The van der Waals surface area contributed by atoms with Crippen LogP contribution in [0.3, 0.4) is 0 Å². The van der Waals surface area contributed by atoms with Crippen LogP contribution in [0.5, 0.6) is 0 Å². The van der Waals surface area contributed by atoms with E-state index in [2.05, 4.69) is 37.9 Å². The fourth-order valence-corrected chi connectivity index (χ4v) is 2.30. The van der Waals surface area contributed by atoms with Crippen LogP contribution in [0, 0.1) is 5.92 Å². The number of rotatable bonds is 12. The van der Waals surface area contributed by atoms with Crippen molar-refractivity contribution in [2.45, 2.75) is 65.8 Å². The average molecular weight is 285 g/mol. The van der Waals surface area contributed by atoms with E-state index in [0.717, 1.165) is 51.4 Å². The fraction of sp³-hybridized carbons (Fsp3) is 0.938. The third-order valence-electron chi connectivity index (χ3n) is 4.17. The summed E-state index contributed by atoms with van der Waals surface area (Å²) in [5.74, 6) is 0.492. The van der Waals surface area contributed by atoms with Gasteiger partial charge in [-0.25, -0.2) is 0 Å². The van der Waals surface area contributed by atoms with Crippen molar-refractivity contribution < 1.29 is 4.79 Å². The van der Waals surface area contributed by atoms with Gasteiger partial charge in [0.2, 0.25) is 5.91 Å². The molecule has 2 atom stereocenters. The molecular formula is C16H35N3O. The minimum atomic E-state index is -0.564. The third-order valence-corrected chi connectivity index (χ3v) is 4.17. The van der Waals surface area contributed by atoms with Gasteiger partial charge in [0.05, 0.1) is 5.54 Å². The molecule has 0 aromatic heterocycles. The Kier molecular flexibility index (Phi) is 9.86. The molecule has 0 radical (unpaired) electrons. The van der Waals surface area contributed by atoms with Crippen molar-refractivity contribution in [3.05, 3.63) is 0 Å². The maximum atomic E-state index is 11.6. The number of hydrogen-bond acceptors (Lipinski definition) is 3. The number of carbonyl (C=O) groups is 1. The van der Waals surface area contributed by atoms with Gasteiger partial charge in [-0.3, -0.25) is 4.79 Å². The number of nitrogens with two attached hydrogens (primary N) is 1. The lowest BCUT2D eigenvalue weighted by atomic mass is 9.94.